The molecule has 1 aromatic heterocycles. The van der Waals surface area contributed by atoms with E-state index >= 15 is 0 Å². The van der Waals surface area contributed by atoms with Crippen molar-refractivity contribution in [1.82, 2.24) is 4.90 Å². The van der Waals surface area contributed by atoms with Crippen molar-refractivity contribution in [2.75, 3.05) is 6.54 Å². The summed E-state index contributed by atoms with van der Waals surface area (Å²) in [7, 11) is 0. The van der Waals surface area contributed by atoms with Crippen molar-refractivity contribution in [3.05, 3.63) is 21.4 Å². The zero-order valence-electron chi connectivity index (χ0n) is 12.4. The molecular weight excluding hydrogens is 258 g/mol. The second kappa shape index (κ2) is 7.65. The highest BCUT2D eigenvalue weighted by molar-refractivity contribution is 7.14. The van der Waals surface area contributed by atoms with Crippen molar-refractivity contribution in [3.63, 3.8) is 0 Å². The van der Waals surface area contributed by atoms with E-state index in [1.165, 1.54) is 30.6 Å². The Balaban J connectivity index is 2.70. The van der Waals surface area contributed by atoms with Crippen LogP contribution in [0.4, 0.5) is 0 Å². The Labute approximate surface area is 120 Å². The van der Waals surface area contributed by atoms with Gasteiger partial charge in [0.05, 0.1) is 0 Å². The molecule has 4 heteroatoms. The largest absolute Gasteiger partial charge is 0.477 e. The fourth-order valence-electron chi connectivity index (χ4n) is 2.09. The number of rotatable bonds is 8. The number of hydrogen-bond acceptors (Lipinski definition) is 3. The molecule has 0 saturated heterocycles. The molecule has 3 nitrogen and oxygen atoms in total. The maximum atomic E-state index is 11.0. The molecule has 0 aliphatic heterocycles. The summed E-state index contributed by atoms with van der Waals surface area (Å²) < 4.78 is 0. The van der Waals surface area contributed by atoms with E-state index in [-0.39, 0.29) is 0 Å². The van der Waals surface area contributed by atoms with E-state index in [1.807, 2.05) is 13.0 Å². The number of carboxylic acids is 1. The van der Waals surface area contributed by atoms with Crippen LogP contribution in [0, 0.1) is 6.92 Å². The molecule has 0 bridgehead atoms. The van der Waals surface area contributed by atoms with E-state index in [0.717, 1.165) is 23.5 Å². The summed E-state index contributed by atoms with van der Waals surface area (Å²) >= 11 is 1.38. The van der Waals surface area contributed by atoms with Gasteiger partial charge in [-0.05, 0) is 45.4 Å². The van der Waals surface area contributed by atoms with Crippen LogP contribution in [0.25, 0.3) is 0 Å². The first kappa shape index (κ1) is 16.2. The minimum absolute atomic E-state index is 0.449. The topological polar surface area (TPSA) is 40.5 Å². The quantitative estimate of drug-likeness (QED) is 0.728. The van der Waals surface area contributed by atoms with Crippen molar-refractivity contribution in [3.8, 4) is 0 Å². The SMILES string of the molecule is CCCCCN(Cc1cc(C(=O)O)sc1C)C(C)C. The lowest BCUT2D eigenvalue weighted by Gasteiger charge is -2.26. The second-order valence-electron chi connectivity index (χ2n) is 5.27. The highest BCUT2D eigenvalue weighted by atomic mass is 32.1. The number of thiophene rings is 1. The predicted molar refractivity (Wildman–Crippen MR) is 81.1 cm³/mol. The van der Waals surface area contributed by atoms with Gasteiger partial charge >= 0.3 is 5.97 Å². The van der Waals surface area contributed by atoms with E-state index in [1.54, 1.807) is 0 Å². The summed E-state index contributed by atoms with van der Waals surface area (Å²) in [5.74, 6) is -0.818. The molecular formula is C15H25NO2S. The van der Waals surface area contributed by atoms with E-state index < -0.39 is 5.97 Å². The average molecular weight is 283 g/mol. The molecule has 0 aliphatic rings. The van der Waals surface area contributed by atoms with Gasteiger partial charge in [-0.3, -0.25) is 4.90 Å². The van der Waals surface area contributed by atoms with Crippen molar-refractivity contribution >= 4 is 17.3 Å². The lowest BCUT2D eigenvalue weighted by Crippen LogP contribution is -2.31. The third kappa shape index (κ3) is 4.96. The van der Waals surface area contributed by atoms with Crippen LogP contribution in [0.2, 0.25) is 0 Å². The third-order valence-corrected chi connectivity index (χ3v) is 4.46. The number of aromatic carboxylic acids is 1. The van der Waals surface area contributed by atoms with Gasteiger partial charge in [-0.1, -0.05) is 19.8 Å². The number of hydrogen-bond donors (Lipinski definition) is 1. The highest BCUT2D eigenvalue weighted by Crippen LogP contribution is 2.23. The van der Waals surface area contributed by atoms with Crippen LogP contribution in [-0.2, 0) is 6.54 Å². The molecule has 0 atom stereocenters. The number of unbranched alkanes of at least 4 members (excludes halogenated alkanes) is 2. The Hall–Kier alpha value is -0.870. The van der Waals surface area contributed by atoms with Crippen molar-refractivity contribution < 1.29 is 9.90 Å². The molecule has 0 amide bonds. The van der Waals surface area contributed by atoms with Crippen LogP contribution >= 0.6 is 11.3 Å². The first-order chi connectivity index (χ1) is 8.95. The van der Waals surface area contributed by atoms with E-state index in [9.17, 15) is 4.79 Å². The minimum Gasteiger partial charge on any atom is -0.477 e. The van der Waals surface area contributed by atoms with Crippen LogP contribution in [-0.4, -0.2) is 28.6 Å². The molecule has 0 saturated carbocycles. The lowest BCUT2D eigenvalue weighted by atomic mass is 10.1. The molecule has 0 aromatic carbocycles. The van der Waals surface area contributed by atoms with Gasteiger partial charge in [-0.25, -0.2) is 4.79 Å². The van der Waals surface area contributed by atoms with Crippen molar-refractivity contribution in [1.29, 1.82) is 0 Å². The van der Waals surface area contributed by atoms with Gasteiger partial charge < -0.3 is 5.11 Å². The Bertz CT molecular complexity index is 412. The summed E-state index contributed by atoms with van der Waals surface area (Å²) in [5.41, 5.74) is 1.16. The van der Waals surface area contributed by atoms with Crippen LogP contribution in [0.1, 0.15) is 60.1 Å². The highest BCUT2D eigenvalue weighted by Gasteiger charge is 2.15. The normalized spacial score (nSPS) is 11.5. The zero-order chi connectivity index (χ0) is 14.4. The van der Waals surface area contributed by atoms with E-state index in [2.05, 4.69) is 25.7 Å². The lowest BCUT2D eigenvalue weighted by molar-refractivity contribution is 0.0702. The molecule has 1 aromatic rings. The van der Waals surface area contributed by atoms with E-state index in [0.29, 0.717) is 10.9 Å². The first-order valence-corrected chi connectivity index (χ1v) is 7.84. The van der Waals surface area contributed by atoms with Gasteiger partial charge in [-0.2, -0.15) is 0 Å². The van der Waals surface area contributed by atoms with E-state index in [4.69, 9.17) is 5.11 Å². The Kier molecular flexibility index (Phi) is 6.52. The third-order valence-electron chi connectivity index (χ3n) is 3.38. The standard InChI is InChI=1S/C15H25NO2S/c1-5-6-7-8-16(11(2)3)10-13-9-14(15(17)18)19-12(13)4/h9,11H,5-8,10H2,1-4H3,(H,17,18). The molecule has 0 unspecified atom stereocenters. The Morgan fingerprint density at radius 1 is 1.42 bits per heavy atom. The van der Waals surface area contributed by atoms with Gasteiger partial charge in [-0.15, -0.1) is 11.3 Å². The average Bonchev–Trinajstić information content (AvgIpc) is 2.70. The van der Waals surface area contributed by atoms with Gasteiger partial charge in [0.15, 0.2) is 0 Å². The second-order valence-corrected chi connectivity index (χ2v) is 6.52. The number of aryl methyl sites for hydroxylation is 1. The van der Waals surface area contributed by atoms with Crippen LogP contribution in [0.3, 0.4) is 0 Å². The number of carbonyl (C=O) groups is 1. The Morgan fingerprint density at radius 3 is 2.58 bits per heavy atom. The van der Waals surface area contributed by atoms with Gasteiger partial charge in [0.1, 0.15) is 4.88 Å². The van der Waals surface area contributed by atoms with Crippen molar-refractivity contribution in [2.24, 2.45) is 0 Å². The molecule has 0 radical (unpaired) electrons. The summed E-state index contributed by atoms with van der Waals surface area (Å²) in [6.45, 7) is 10.6. The van der Waals surface area contributed by atoms with Crippen LogP contribution < -0.4 is 0 Å². The molecule has 1 N–H and O–H groups in total. The zero-order valence-corrected chi connectivity index (χ0v) is 13.2. The predicted octanol–water partition coefficient (Wildman–Crippen LogP) is 4.16. The fourth-order valence-corrected chi connectivity index (χ4v) is 2.96. The molecule has 1 heterocycles. The van der Waals surface area contributed by atoms with Crippen LogP contribution in [0.5, 0.6) is 0 Å². The molecule has 1 rings (SSSR count). The summed E-state index contributed by atoms with van der Waals surface area (Å²) in [6.07, 6.45) is 3.70. The summed E-state index contributed by atoms with van der Waals surface area (Å²) in [6, 6.07) is 2.32. The van der Waals surface area contributed by atoms with Gasteiger partial charge in [0, 0.05) is 17.5 Å². The van der Waals surface area contributed by atoms with Crippen molar-refractivity contribution in [2.45, 2.75) is 59.5 Å². The molecule has 0 fully saturated rings. The fraction of sp³-hybridized carbons (Fsp3) is 0.667. The maximum absolute atomic E-state index is 11.0. The van der Waals surface area contributed by atoms with Gasteiger partial charge in [0.25, 0.3) is 0 Å². The Morgan fingerprint density at radius 2 is 2.11 bits per heavy atom. The molecule has 0 spiro atoms. The molecule has 108 valence electrons. The van der Waals surface area contributed by atoms with Gasteiger partial charge in [0.2, 0.25) is 0 Å². The number of nitrogens with zero attached hydrogens (tertiary/aromatic N) is 1. The first-order valence-electron chi connectivity index (χ1n) is 7.02. The minimum atomic E-state index is -0.818. The maximum Gasteiger partial charge on any atom is 0.345 e. The monoisotopic (exact) mass is 283 g/mol. The molecule has 19 heavy (non-hydrogen) atoms. The van der Waals surface area contributed by atoms with Crippen LogP contribution in [0.15, 0.2) is 6.07 Å². The molecule has 0 aliphatic carbocycles. The number of carboxylic acid groups (broad SMARTS) is 1. The smallest absolute Gasteiger partial charge is 0.345 e. The summed E-state index contributed by atoms with van der Waals surface area (Å²) in [5, 5.41) is 9.04. The summed E-state index contributed by atoms with van der Waals surface area (Å²) in [4.78, 5) is 15.0.